The number of urea groups is 1. The van der Waals surface area contributed by atoms with Crippen molar-refractivity contribution in [1.82, 2.24) is 10.2 Å². The van der Waals surface area contributed by atoms with Crippen LogP contribution in [0.3, 0.4) is 0 Å². The third-order valence-electron chi connectivity index (χ3n) is 3.13. The Bertz CT molecular complexity index is 610. The molecule has 1 rings (SSSR count). The zero-order valence-corrected chi connectivity index (χ0v) is 14.8. The van der Waals surface area contributed by atoms with Gasteiger partial charge in [-0.1, -0.05) is 23.2 Å². The quantitative estimate of drug-likeness (QED) is 0.607. The van der Waals surface area contributed by atoms with E-state index >= 15 is 0 Å². The molecule has 9 heteroatoms. The van der Waals surface area contributed by atoms with Crippen molar-refractivity contribution in [3.05, 3.63) is 28.2 Å². The van der Waals surface area contributed by atoms with Crippen molar-refractivity contribution in [3.8, 4) is 0 Å². The van der Waals surface area contributed by atoms with Crippen LogP contribution in [0.1, 0.15) is 19.3 Å². The Balaban J connectivity index is 2.33. The van der Waals surface area contributed by atoms with Gasteiger partial charge in [-0.15, -0.1) is 0 Å². The molecule has 132 valence electrons. The molecule has 24 heavy (non-hydrogen) atoms. The van der Waals surface area contributed by atoms with Crippen molar-refractivity contribution >= 4 is 46.7 Å². The van der Waals surface area contributed by atoms with E-state index in [2.05, 4.69) is 10.6 Å². The summed E-state index contributed by atoms with van der Waals surface area (Å²) in [5.74, 6) is -0.488. The zero-order valence-electron chi connectivity index (χ0n) is 13.3. The summed E-state index contributed by atoms with van der Waals surface area (Å²) in [5.41, 5.74) is 5.44. The van der Waals surface area contributed by atoms with Crippen LogP contribution in [0.5, 0.6) is 0 Å². The standard InChI is InChI=1S/C15H20Cl2N4O3/c1-21(14(23)4-2-3-7-19-15(18)24)9-13(22)20-10-5-6-11(16)12(17)8-10/h5-6,8H,2-4,7,9H2,1H3,(H,20,22)(H3,18,19,24). The summed E-state index contributed by atoms with van der Waals surface area (Å²) >= 11 is 11.7. The zero-order chi connectivity index (χ0) is 18.1. The number of rotatable bonds is 8. The molecule has 1 aromatic rings. The van der Waals surface area contributed by atoms with Gasteiger partial charge in [-0.3, -0.25) is 9.59 Å². The lowest BCUT2D eigenvalue weighted by atomic mass is 10.2. The van der Waals surface area contributed by atoms with Gasteiger partial charge in [0.05, 0.1) is 16.6 Å². The number of unbranched alkanes of at least 4 members (excludes halogenated alkanes) is 1. The minimum absolute atomic E-state index is 0.0708. The van der Waals surface area contributed by atoms with Gasteiger partial charge in [0.25, 0.3) is 0 Å². The number of hydrogen-bond acceptors (Lipinski definition) is 3. The van der Waals surface area contributed by atoms with E-state index < -0.39 is 6.03 Å². The van der Waals surface area contributed by atoms with Gasteiger partial charge in [-0.05, 0) is 31.0 Å². The molecule has 4 N–H and O–H groups in total. The number of carbonyl (C=O) groups is 3. The largest absolute Gasteiger partial charge is 0.352 e. The maximum Gasteiger partial charge on any atom is 0.312 e. The van der Waals surface area contributed by atoms with Crippen LogP contribution in [0.2, 0.25) is 10.0 Å². The summed E-state index contributed by atoms with van der Waals surface area (Å²) in [6.07, 6.45) is 1.52. The van der Waals surface area contributed by atoms with E-state index in [1.165, 1.54) is 11.0 Å². The van der Waals surface area contributed by atoms with Crippen molar-refractivity contribution < 1.29 is 14.4 Å². The van der Waals surface area contributed by atoms with Crippen LogP contribution in [0, 0.1) is 0 Å². The van der Waals surface area contributed by atoms with E-state index in [0.717, 1.165) is 0 Å². The summed E-state index contributed by atoms with van der Waals surface area (Å²) in [7, 11) is 1.55. The van der Waals surface area contributed by atoms with Gasteiger partial charge in [-0.25, -0.2) is 4.79 Å². The highest BCUT2D eigenvalue weighted by molar-refractivity contribution is 6.42. The van der Waals surface area contributed by atoms with E-state index in [1.807, 2.05) is 0 Å². The Labute approximate surface area is 150 Å². The monoisotopic (exact) mass is 374 g/mol. The Morgan fingerprint density at radius 3 is 2.50 bits per heavy atom. The van der Waals surface area contributed by atoms with E-state index in [1.54, 1.807) is 19.2 Å². The van der Waals surface area contributed by atoms with Crippen molar-refractivity contribution in [2.24, 2.45) is 5.73 Å². The third-order valence-corrected chi connectivity index (χ3v) is 3.87. The molecule has 4 amide bonds. The maximum atomic E-state index is 11.9. The average molecular weight is 375 g/mol. The molecule has 0 atom stereocenters. The number of primary amides is 1. The highest BCUT2D eigenvalue weighted by Gasteiger charge is 2.13. The number of nitrogens with zero attached hydrogens (tertiary/aromatic N) is 1. The molecule has 7 nitrogen and oxygen atoms in total. The second-order valence-corrected chi connectivity index (χ2v) is 5.99. The fourth-order valence-electron chi connectivity index (χ4n) is 1.88. The third kappa shape index (κ3) is 7.52. The van der Waals surface area contributed by atoms with Crippen LogP contribution in [-0.4, -0.2) is 42.9 Å². The molecular formula is C15H20Cl2N4O3. The number of halogens is 2. The Kier molecular flexibility index (Phi) is 8.35. The predicted octanol–water partition coefficient (Wildman–Crippen LogP) is 2.23. The van der Waals surface area contributed by atoms with E-state index in [9.17, 15) is 14.4 Å². The maximum absolute atomic E-state index is 11.9. The molecule has 0 saturated carbocycles. The first-order chi connectivity index (χ1) is 11.3. The highest BCUT2D eigenvalue weighted by atomic mass is 35.5. The summed E-state index contributed by atoms with van der Waals surface area (Å²) in [4.78, 5) is 35.7. The minimum atomic E-state index is -0.586. The molecule has 0 spiro atoms. The second kappa shape index (κ2) is 10.00. The van der Waals surface area contributed by atoms with Crippen molar-refractivity contribution in [3.63, 3.8) is 0 Å². The molecule has 0 aromatic heterocycles. The van der Waals surface area contributed by atoms with E-state index in [4.69, 9.17) is 28.9 Å². The second-order valence-electron chi connectivity index (χ2n) is 5.17. The lowest BCUT2D eigenvalue weighted by molar-refractivity contribution is -0.133. The van der Waals surface area contributed by atoms with Gasteiger partial charge in [0.15, 0.2) is 0 Å². The van der Waals surface area contributed by atoms with Gasteiger partial charge in [-0.2, -0.15) is 0 Å². The molecule has 0 bridgehead atoms. The fraction of sp³-hybridized carbons (Fsp3) is 0.400. The van der Waals surface area contributed by atoms with Crippen LogP contribution in [0.4, 0.5) is 10.5 Å². The fourth-order valence-corrected chi connectivity index (χ4v) is 2.18. The molecule has 0 saturated heterocycles. The number of nitrogens with two attached hydrogens (primary N) is 1. The molecule has 1 aromatic carbocycles. The lowest BCUT2D eigenvalue weighted by Crippen LogP contribution is -2.35. The normalized spacial score (nSPS) is 10.1. The van der Waals surface area contributed by atoms with Gasteiger partial charge >= 0.3 is 6.03 Å². The molecule has 0 unspecified atom stereocenters. The van der Waals surface area contributed by atoms with E-state index in [-0.39, 0.29) is 24.8 Å². The smallest absolute Gasteiger partial charge is 0.312 e. The lowest BCUT2D eigenvalue weighted by Gasteiger charge is -2.17. The first kappa shape index (κ1) is 20.1. The van der Waals surface area contributed by atoms with Crippen LogP contribution in [0.15, 0.2) is 18.2 Å². The summed E-state index contributed by atoms with van der Waals surface area (Å²) in [6.45, 7) is 0.350. The van der Waals surface area contributed by atoms with Crippen LogP contribution in [-0.2, 0) is 9.59 Å². The summed E-state index contributed by atoms with van der Waals surface area (Å²) in [6, 6.07) is 4.15. The Hall–Kier alpha value is -1.99. The summed E-state index contributed by atoms with van der Waals surface area (Å²) < 4.78 is 0. The van der Waals surface area contributed by atoms with Crippen LogP contribution < -0.4 is 16.4 Å². The topological polar surface area (TPSA) is 105 Å². The predicted molar refractivity (Wildman–Crippen MR) is 94.2 cm³/mol. The molecule has 0 heterocycles. The number of hydrogen-bond donors (Lipinski definition) is 3. The van der Waals surface area contributed by atoms with Crippen LogP contribution >= 0.6 is 23.2 Å². The van der Waals surface area contributed by atoms with Gasteiger partial charge in [0.1, 0.15) is 0 Å². The molecule has 0 radical (unpaired) electrons. The average Bonchev–Trinajstić information content (AvgIpc) is 2.50. The highest BCUT2D eigenvalue weighted by Crippen LogP contribution is 2.24. The first-order valence-electron chi connectivity index (χ1n) is 7.31. The van der Waals surface area contributed by atoms with Gasteiger partial charge in [0.2, 0.25) is 11.8 Å². The molecule has 0 fully saturated rings. The van der Waals surface area contributed by atoms with Crippen molar-refractivity contribution in [2.75, 3.05) is 25.5 Å². The molecular weight excluding hydrogens is 355 g/mol. The number of nitrogens with one attached hydrogen (secondary N) is 2. The molecule has 0 aliphatic carbocycles. The van der Waals surface area contributed by atoms with Gasteiger partial charge in [0, 0.05) is 25.7 Å². The van der Waals surface area contributed by atoms with E-state index in [0.29, 0.717) is 35.1 Å². The van der Waals surface area contributed by atoms with Gasteiger partial charge < -0.3 is 21.3 Å². The van der Waals surface area contributed by atoms with Crippen molar-refractivity contribution in [1.29, 1.82) is 0 Å². The summed E-state index contributed by atoms with van der Waals surface area (Å²) in [5, 5.41) is 5.83. The molecule has 0 aliphatic heterocycles. The Morgan fingerprint density at radius 1 is 1.17 bits per heavy atom. The molecule has 0 aliphatic rings. The first-order valence-corrected chi connectivity index (χ1v) is 8.07. The van der Waals surface area contributed by atoms with Crippen molar-refractivity contribution in [2.45, 2.75) is 19.3 Å². The number of carbonyl (C=O) groups excluding carboxylic acids is 3. The SMILES string of the molecule is CN(CC(=O)Nc1ccc(Cl)c(Cl)c1)C(=O)CCCCNC(N)=O. The minimum Gasteiger partial charge on any atom is -0.352 e. The Morgan fingerprint density at radius 2 is 1.88 bits per heavy atom. The number of likely N-dealkylation sites (N-methyl/N-ethyl adjacent to an activating group) is 1. The number of benzene rings is 1. The van der Waals surface area contributed by atoms with Crippen LogP contribution in [0.25, 0.3) is 0 Å². The number of anilines is 1. The number of amides is 4.